The van der Waals surface area contributed by atoms with Gasteiger partial charge in [-0.3, -0.25) is 0 Å². The number of ether oxygens (including phenoxy) is 2. The van der Waals surface area contributed by atoms with Gasteiger partial charge in [-0.15, -0.1) is 0 Å². The van der Waals surface area contributed by atoms with Crippen molar-refractivity contribution in [3.8, 4) is 17.4 Å². The van der Waals surface area contributed by atoms with Gasteiger partial charge < -0.3 is 19.7 Å². The quantitative estimate of drug-likeness (QED) is 0.775. The van der Waals surface area contributed by atoms with Crippen molar-refractivity contribution in [2.45, 2.75) is 31.7 Å². The third kappa shape index (κ3) is 5.09. The van der Waals surface area contributed by atoms with E-state index in [2.05, 4.69) is 4.98 Å². The van der Waals surface area contributed by atoms with Crippen LogP contribution in [0.4, 0.5) is 13.2 Å². The van der Waals surface area contributed by atoms with E-state index in [0.29, 0.717) is 6.20 Å². The van der Waals surface area contributed by atoms with Crippen molar-refractivity contribution in [2.24, 2.45) is 0 Å². The minimum Gasteiger partial charge on any atom is -0.478 e. The molecule has 0 amide bonds. The first kappa shape index (κ1) is 19.5. The van der Waals surface area contributed by atoms with Gasteiger partial charge >= 0.3 is 12.1 Å². The number of hydrogen-bond acceptors (Lipinski definition) is 5. The number of pyridine rings is 1. The number of carboxylic acid groups (broad SMARTS) is 1. The number of hydrogen-bond donors (Lipinski definition) is 2. The maximum Gasteiger partial charge on any atom is 0.417 e. The van der Waals surface area contributed by atoms with Crippen molar-refractivity contribution in [3.63, 3.8) is 0 Å². The summed E-state index contributed by atoms with van der Waals surface area (Å²) in [5, 5.41) is 18.7. The molecular weight excluding hydrogens is 355 g/mol. The average molecular weight is 371 g/mol. The van der Waals surface area contributed by atoms with Gasteiger partial charge in [0.25, 0.3) is 0 Å². The minimum absolute atomic E-state index is 0.0310. The molecule has 1 aromatic carbocycles. The summed E-state index contributed by atoms with van der Waals surface area (Å²) in [6, 6.07) is 7.64. The van der Waals surface area contributed by atoms with Crippen LogP contribution in [0.5, 0.6) is 17.4 Å². The number of carbonyl (C=O) groups is 1. The van der Waals surface area contributed by atoms with E-state index in [-0.39, 0.29) is 23.8 Å². The molecule has 0 aliphatic rings. The summed E-state index contributed by atoms with van der Waals surface area (Å²) in [6.07, 6.45) is -6.19. The Hall–Kier alpha value is -2.81. The predicted octanol–water partition coefficient (Wildman–Crippen LogP) is 3.50. The summed E-state index contributed by atoms with van der Waals surface area (Å²) >= 11 is 0. The number of halogens is 3. The SMILES string of the molecule is CCC(O)C(Oc1ccc(Oc2ccc(C(F)(F)F)cn2)cc1)C(=O)O. The van der Waals surface area contributed by atoms with Crippen LogP contribution in [0.25, 0.3) is 0 Å². The number of nitrogens with zero attached hydrogens (tertiary/aromatic N) is 1. The molecule has 0 saturated heterocycles. The molecule has 0 bridgehead atoms. The molecule has 0 spiro atoms. The first-order valence-corrected chi connectivity index (χ1v) is 7.59. The normalized spacial score (nSPS) is 13.7. The summed E-state index contributed by atoms with van der Waals surface area (Å²) in [7, 11) is 0. The van der Waals surface area contributed by atoms with Crippen molar-refractivity contribution in [2.75, 3.05) is 0 Å². The largest absolute Gasteiger partial charge is 0.478 e. The zero-order valence-electron chi connectivity index (χ0n) is 13.6. The highest BCUT2D eigenvalue weighted by Gasteiger charge is 2.30. The first-order chi connectivity index (χ1) is 12.2. The Morgan fingerprint density at radius 3 is 2.23 bits per heavy atom. The number of carboxylic acids is 1. The van der Waals surface area contributed by atoms with Crippen LogP contribution in [0.15, 0.2) is 42.6 Å². The molecule has 6 nitrogen and oxygen atoms in total. The molecule has 0 radical (unpaired) electrons. The van der Waals surface area contributed by atoms with Gasteiger partial charge in [-0.1, -0.05) is 6.92 Å². The van der Waals surface area contributed by atoms with Gasteiger partial charge in [-0.2, -0.15) is 13.2 Å². The fourth-order valence-corrected chi connectivity index (χ4v) is 1.97. The van der Waals surface area contributed by atoms with Gasteiger partial charge in [0.2, 0.25) is 12.0 Å². The Labute approximate surface area is 146 Å². The number of benzene rings is 1. The van der Waals surface area contributed by atoms with Crippen molar-refractivity contribution in [1.29, 1.82) is 0 Å². The van der Waals surface area contributed by atoms with E-state index in [1.165, 1.54) is 24.3 Å². The van der Waals surface area contributed by atoms with Gasteiger partial charge in [0.15, 0.2) is 0 Å². The molecule has 2 rings (SSSR count). The summed E-state index contributed by atoms with van der Waals surface area (Å²) in [4.78, 5) is 14.7. The number of aliphatic hydroxyl groups excluding tert-OH is 1. The number of alkyl halides is 3. The first-order valence-electron chi connectivity index (χ1n) is 7.59. The van der Waals surface area contributed by atoms with Crippen LogP contribution in [0.2, 0.25) is 0 Å². The monoisotopic (exact) mass is 371 g/mol. The van der Waals surface area contributed by atoms with Crippen LogP contribution in [0, 0.1) is 0 Å². The molecule has 2 unspecified atom stereocenters. The second-order valence-electron chi connectivity index (χ2n) is 5.31. The molecule has 2 N–H and O–H groups in total. The van der Waals surface area contributed by atoms with Crippen LogP contribution in [-0.2, 0) is 11.0 Å². The van der Waals surface area contributed by atoms with E-state index >= 15 is 0 Å². The van der Waals surface area contributed by atoms with E-state index in [1.54, 1.807) is 6.92 Å². The average Bonchev–Trinajstić information content (AvgIpc) is 2.60. The summed E-state index contributed by atoms with van der Waals surface area (Å²) in [5.41, 5.74) is -0.886. The molecule has 0 saturated carbocycles. The number of rotatable bonds is 7. The minimum atomic E-state index is -4.48. The Morgan fingerprint density at radius 1 is 1.15 bits per heavy atom. The smallest absolute Gasteiger partial charge is 0.417 e. The highest BCUT2D eigenvalue weighted by atomic mass is 19.4. The van der Waals surface area contributed by atoms with Crippen molar-refractivity contribution < 1.29 is 37.7 Å². The van der Waals surface area contributed by atoms with Crippen molar-refractivity contribution >= 4 is 5.97 Å². The zero-order valence-corrected chi connectivity index (χ0v) is 13.6. The lowest BCUT2D eigenvalue weighted by atomic mass is 10.1. The summed E-state index contributed by atoms with van der Waals surface area (Å²) < 4.78 is 48.0. The molecule has 0 fully saturated rings. The van der Waals surface area contributed by atoms with Gasteiger partial charge in [-0.25, -0.2) is 9.78 Å². The van der Waals surface area contributed by atoms with Crippen LogP contribution in [0.1, 0.15) is 18.9 Å². The molecular formula is C17H16F3NO5. The molecule has 2 aromatic rings. The highest BCUT2D eigenvalue weighted by molar-refractivity contribution is 5.73. The molecule has 1 heterocycles. The maximum absolute atomic E-state index is 12.5. The molecule has 0 aliphatic heterocycles. The lowest BCUT2D eigenvalue weighted by Crippen LogP contribution is -2.38. The van der Waals surface area contributed by atoms with E-state index in [1.807, 2.05) is 0 Å². The fraction of sp³-hybridized carbons (Fsp3) is 0.294. The maximum atomic E-state index is 12.5. The van der Waals surface area contributed by atoms with E-state index in [9.17, 15) is 23.1 Å². The molecule has 0 aliphatic carbocycles. The van der Waals surface area contributed by atoms with E-state index in [0.717, 1.165) is 12.1 Å². The fourth-order valence-electron chi connectivity index (χ4n) is 1.97. The lowest BCUT2D eigenvalue weighted by Gasteiger charge is -2.19. The Kier molecular flexibility index (Phi) is 6.04. The standard InChI is InChI=1S/C17H16F3NO5/c1-2-13(22)15(16(23)24)26-12-6-4-11(5-7-12)25-14-8-3-10(9-21-14)17(18,19)20/h3-9,13,15,22H,2H2,1H3,(H,23,24). The van der Waals surface area contributed by atoms with Crippen molar-refractivity contribution in [1.82, 2.24) is 4.98 Å². The van der Waals surface area contributed by atoms with Gasteiger partial charge in [0.05, 0.1) is 5.56 Å². The Balaban J connectivity index is 2.04. The highest BCUT2D eigenvalue weighted by Crippen LogP contribution is 2.30. The second-order valence-corrected chi connectivity index (χ2v) is 5.31. The number of aromatic nitrogens is 1. The molecule has 140 valence electrons. The topological polar surface area (TPSA) is 88.9 Å². The van der Waals surface area contributed by atoms with Crippen molar-refractivity contribution in [3.05, 3.63) is 48.2 Å². The van der Waals surface area contributed by atoms with Gasteiger partial charge in [-0.05, 0) is 36.8 Å². The Bertz CT molecular complexity index is 732. The van der Waals surface area contributed by atoms with Crippen LogP contribution < -0.4 is 9.47 Å². The number of aliphatic hydroxyl groups is 1. The second kappa shape index (κ2) is 8.05. The van der Waals surface area contributed by atoms with Gasteiger partial charge in [0.1, 0.15) is 17.6 Å². The number of aliphatic carboxylic acids is 1. The van der Waals surface area contributed by atoms with Crippen LogP contribution in [-0.4, -0.2) is 33.4 Å². The predicted molar refractivity (Wildman–Crippen MR) is 84.1 cm³/mol. The lowest BCUT2D eigenvalue weighted by molar-refractivity contribution is -0.150. The molecule has 9 heteroatoms. The zero-order chi connectivity index (χ0) is 19.3. The molecule has 26 heavy (non-hydrogen) atoms. The summed E-state index contributed by atoms with van der Waals surface area (Å²) in [6.45, 7) is 1.62. The Morgan fingerprint density at radius 2 is 1.77 bits per heavy atom. The van der Waals surface area contributed by atoms with E-state index in [4.69, 9.17) is 14.6 Å². The van der Waals surface area contributed by atoms with Crippen LogP contribution in [0.3, 0.4) is 0 Å². The third-order valence-electron chi connectivity index (χ3n) is 3.38. The molecule has 1 aromatic heterocycles. The van der Waals surface area contributed by atoms with Gasteiger partial charge in [0, 0.05) is 12.3 Å². The molecule has 2 atom stereocenters. The van der Waals surface area contributed by atoms with Crippen LogP contribution >= 0.6 is 0 Å². The summed E-state index contributed by atoms with van der Waals surface area (Å²) in [5.74, 6) is -0.865. The third-order valence-corrected chi connectivity index (χ3v) is 3.38. The van der Waals surface area contributed by atoms with E-state index < -0.39 is 29.9 Å².